The molecule has 0 atom stereocenters. The van der Waals surface area contributed by atoms with Gasteiger partial charge in [-0.2, -0.15) is 0 Å². The second-order valence-electron chi connectivity index (χ2n) is 6.00. The summed E-state index contributed by atoms with van der Waals surface area (Å²) in [6.45, 7) is 4.39. The predicted molar refractivity (Wildman–Crippen MR) is 91.3 cm³/mol. The van der Waals surface area contributed by atoms with Crippen molar-refractivity contribution in [2.75, 3.05) is 18.0 Å². The van der Waals surface area contributed by atoms with E-state index in [9.17, 15) is 0 Å². The molecule has 2 aromatic rings. The van der Waals surface area contributed by atoms with Gasteiger partial charge in [0.2, 0.25) is 0 Å². The van der Waals surface area contributed by atoms with Crippen LogP contribution in [0.25, 0.3) is 0 Å². The molecule has 1 saturated heterocycles. The van der Waals surface area contributed by atoms with Crippen molar-refractivity contribution in [1.29, 1.82) is 0 Å². The summed E-state index contributed by atoms with van der Waals surface area (Å²) in [7, 11) is 0. The molecular formula is C19H22ClN. The highest BCUT2D eigenvalue weighted by atomic mass is 35.5. The molecule has 0 saturated carbocycles. The molecule has 0 aliphatic carbocycles. The van der Waals surface area contributed by atoms with Gasteiger partial charge < -0.3 is 4.90 Å². The molecular weight excluding hydrogens is 278 g/mol. The number of benzene rings is 2. The Morgan fingerprint density at radius 1 is 1.00 bits per heavy atom. The van der Waals surface area contributed by atoms with Crippen molar-refractivity contribution in [3.63, 3.8) is 0 Å². The summed E-state index contributed by atoms with van der Waals surface area (Å²) >= 11 is 6.24. The van der Waals surface area contributed by atoms with Crippen LogP contribution >= 0.6 is 11.6 Å². The van der Waals surface area contributed by atoms with E-state index in [2.05, 4.69) is 54.3 Å². The minimum atomic E-state index is 0.808. The van der Waals surface area contributed by atoms with Gasteiger partial charge in [0.05, 0.1) is 0 Å². The van der Waals surface area contributed by atoms with Gasteiger partial charge in [0.15, 0.2) is 0 Å². The van der Waals surface area contributed by atoms with Crippen molar-refractivity contribution in [3.05, 3.63) is 64.7 Å². The van der Waals surface area contributed by atoms with E-state index in [1.807, 2.05) is 6.07 Å². The van der Waals surface area contributed by atoms with Crippen molar-refractivity contribution in [2.24, 2.45) is 5.92 Å². The quantitative estimate of drug-likeness (QED) is 0.761. The summed E-state index contributed by atoms with van der Waals surface area (Å²) in [5.41, 5.74) is 3.98. The van der Waals surface area contributed by atoms with Crippen LogP contribution in [-0.2, 0) is 6.42 Å². The molecule has 1 heterocycles. The second-order valence-corrected chi connectivity index (χ2v) is 6.41. The van der Waals surface area contributed by atoms with E-state index in [-0.39, 0.29) is 0 Å². The largest absolute Gasteiger partial charge is 0.371 e. The van der Waals surface area contributed by atoms with E-state index < -0.39 is 0 Å². The third-order valence-electron chi connectivity index (χ3n) is 4.56. The standard InChI is InChI=1S/C19H22ClN/c1-15-18(20)8-5-9-19(15)21-12-10-17(11-13-21)14-16-6-3-2-4-7-16/h2-9,17H,10-14H2,1H3. The summed E-state index contributed by atoms with van der Waals surface area (Å²) in [6, 6.07) is 17.1. The van der Waals surface area contributed by atoms with E-state index in [0.29, 0.717) is 0 Å². The molecule has 0 N–H and O–H groups in total. The Balaban J connectivity index is 1.61. The molecule has 21 heavy (non-hydrogen) atoms. The van der Waals surface area contributed by atoms with E-state index in [1.54, 1.807) is 0 Å². The number of nitrogens with zero attached hydrogens (tertiary/aromatic N) is 1. The van der Waals surface area contributed by atoms with E-state index >= 15 is 0 Å². The first-order chi connectivity index (χ1) is 10.2. The van der Waals surface area contributed by atoms with Gasteiger partial charge in [-0.05, 0) is 55.4 Å². The first kappa shape index (κ1) is 14.5. The lowest BCUT2D eigenvalue weighted by Gasteiger charge is -2.34. The van der Waals surface area contributed by atoms with Crippen LogP contribution < -0.4 is 4.90 Å². The first-order valence-electron chi connectivity index (χ1n) is 7.78. The fourth-order valence-electron chi connectivity index (χ4n) is 3.26. The van der Waals surface area contributed by atoms with Crippen LogP contribution in [0.1, 0.15) is 24.0 Å². The Morgan fingerprint density at radius 3 is 2.43 bits per heavy atom. The second kappa shape index (κ2) is 6.53. The molecule has 0 aromatic heterocycles. The molecule has 0 amide bonds. The average molecular weight is 300 g/mol. The Morgan fingerprint density at radius 2 is 1.71 bits per heavy atom. The molecule has 1 nitrogen and oxygen atoms in total. The van der Waals surface area contributed by atoms with Crippen molar-refractivity contribution in [3.8, 4) is 0 Å². The summed E-state index contributed by atoms with van der Waals surface area (Å²) in [5, 5.41) is 0.874. The maximum atomic E-state index is 6.24. The van der Waals surface area contributed by atoms with Gasteiger partial charge in [-0.1, -0.05) is 48.0 Å². The highest BCUT2D eigenvalue weighted by Gasteiger charge is 2.21. The minimum Gasteiger partial charge on any atom is -0.371 e. The molecule has 1 aliphatic heterocycles. The SMILES string of the molecule is Cc1c(Cl)cccc1N1CCC(Cc2ccccc2)CC1. The zero-order valence-electron chi connectivity index (χ0n) is 12.6. The average Bonchev–Trinajstić information content (AvgIpc) is 2.52. The molecule has 0 unspecified atom stereocenters. The van der Waals surface area contributed by atoms with E-state index in [4.69, 9.17) is 11.6 Å². The normalized spacial score (nSPS) is 16.2. The number of piperidine rings is 1. The number of anilines is 1. The van der Waals surface area contributed by atoms with Gasteiger partial charge in [0.25, 0.3) is 0 Å². The lowest BCUT2D eigenvalue weighted by atomic mass is 9.90. The number of hydrogen-bond donors (Lipinski definition) is 0. The maximum absolute atomic E-state index is 6.24. The summed E-state index contributed by atoms with van der Waals surface area (Å²) in [5.74, 6) is 0.808. The molecule has 2 heteroatoms. The van der Waals surface area contributed by atoms with Crippen LogP contribution in [0.3, 0.4) is 0 Å². The summed E-state index contributed by atoms with van der Waals surface area (Å²) < 4.78 is 0. The van der Waals surface area contributed by atoms with Gasteiger partial charge in [0.1, 0.15) is 0 Å². The van der Waals surface area contributed by atoms with Crippen molar-refractivity contribution < 1.29 is 0 Å². The smallest absolute Gasteiger partial charge is 0.0455 e. The molecule has 110 valence electrons. The lowest BCUT2D eigenvalue weighted by molar-refractivity contribution is 0.403. The molecule has 2 aromatic carbocycles. The van der Waals surface area contributed by atoms with Crippen molar-refractivity contribution in [2.45, 2.75) is 26.2 Å². The first-order valence-corrected chi connectivity index (χ1v) is 8.16. The Hall–Kier alpha value is -1.47. The van der Waals surface area contributed by atoms with Gasteiger partial charge >= 0.3 is 0 Å². The van der Waals surface area contributed by atoms with Gasteiger partial charge in [-0.25, -0.2) is 0 Å². The van der Waals surface area contributed by atoms with E-state index in [1.165, 1.54) is 36.1 Å². The third kappa shape index (κ3) is 3.41. The van der Waals surface area contributed by atoms with Crippen LogP contribution in [0.4, 0.5) is 5.69 Å². The molecule has 3 rings (SSSR count). The fraction of sp³-hybridized carbons (Fsp3) is 0.368. The maximum Gasteiger partial charge on any atom is 0.0455 e. The Kier molecular flexibility index (Phi) is 4.50. The highest BCUT2D eigenvalue weighted by Crippen LogP contribution is 2.30. The monoisotopic (exact) mass is 299 g/mol. The molecule has 0 bridgehead atoms. The fourth-order valence-corrected chi connectivity index (χ4v) is 3.43. The molecule has 0 radical (unpaired) electrons. The Bertz CT molecular complexity index is 586. The summed E-state index contributed by atoms with van der Waals surface area (Å²) in [4.78, 5) is 2.49. The van der Waals surface area contributed by atoms with Crippen LogP contribution in [0.5, 0.6) is 0 Å². The van der Waals surface area contributed by atoms with Gasteiger partial charge in [0, 0.05) is 23.8 Å². The number of rotatable bonds is 3. The van der Waals surface area contributed by atoms with Crippen LogP contribution in [0.15, 0.2) is 48.5 Å². The zero-order valence-corrected chi connectivity index (χ0v) is 13.3. The molecule has 0 spiro atoms. The van der Waals surface area contributed by atoms with Crippen LogP contribution in [-0.4, -0.2) is 13.1 Å². The van der Waals surface area contributed by atoms with Crippen molar-refractivity contribution in [1.82, 2.24) is 0 Å². The minimum absolute atomic E-state index is 0.808. The van der Waals surface area contributed by atoms with E-state index in [0.717, 1.165) is 24.0 Å². The number of hydrogen-bond acceptors (Lipinski definition) is 1. The Labute approximate surface area is 132 Å². The van der Waals surface area contributed by atoms with Gasteiger partial charge in [-0.15, -0.1) is 0 Å². The highest BCUT2D eigenvalue weighted by molar-refractivity contribution is 6.31. The zero-order chi connectivity index (χ0) is 14.7. The van der Waals surface area contributed by atoms with Crippen molar-refractivity contribution >= 4 is 17.3 Å². The molecule has 1 fully saturated rings. The van der Waals surface area contributed by atoms with Gasteiger partial charge in [-0.3, -0.25) is 0 Å². The molecule has 1 aliphatic rings. The lowest BCUT2D eigenvalue weighted by Crippen LogP contribution is -2.34. The predicted octanol–water partition coefficient (Wildman–Crippen LogP) is 5.11. The number of halogens is 1. The third-order valence-corrected chi connectivity index (χ3v) is 4.97. The van der Waals surface area contributed by atoms with Crippen LogP contribution in [0, 0.1) is 12.8 Å². The van der Waals surface area contributed by atoms with Crippen LogP contribution in [0.2, 0.25) is 5.02 Å². The summed E-state index contributed by atoms with van der Waals surface area (Å²) in [6.07, 6.45) is 3.74. The topological polar surface area (TPSA) is 3.24 Å².